The third-order valence-electron chi connectivity index (χ3n) is 3.72. The van der Waals surface area contributed by atoms with Crippen molar-refractivity contribution < 1.29 is 4.74 Å². The highest BCUT2D eigenvalue weighted by atomic mass is 35.5. The number of aryl methyl sites for hydroxylation is 2. The van der Waals surface area contributed by atoms with Gasteiger partial charge in [-0.05, 0) is 39.8 Å². The van der Waals surface area contributed by atoms with Crippen LogP contribution in [0.15, 0.2) is 18.2 Å². The molecule has 0 spiro atoms. The second-order valence-electron chi connectivity index (χ2n) is 5.11. The smallest absolute Gasteiger partial charge is 0.121 e. The summed E-state index contributed by atoms with van der Waals surface area (Å²) >= 11 is 6.26. The standard InChI is InChI=1S/C16H22ClN3O/c1-6-20-12(4)16(11(3)19-20)10(2)18-15-9-13(21-5)7-8-14(15)17/h7-10,18H,6H2,1-5H3. The SMILES string of the molecule is CCn1nc(C)c(C(C)Nc2cc(OC)ccc2Cl)c1C. The van der Waals surface area contributed by atoms with Crippen LogP contribution in [0.2, 0.25) is 5.02 Å². The minimum Gasteiger partial charge on any atom is -0.497 e. The van der Waals surface area contributed by atoms with E-state index < -0.39 is 0 Å². The molecule has 1 aromatic heterocycles. The molecule has 0 bridgehead atoms. The van der Waals surface area contributed by atoms with Gasteiger partial charge in [-0.2, -0.15) is 5.10 Å². The van der Waals surface area contributed by atoms with Crippen molar-refractivity contribution in [3.63, 3.8) is 0 Å². The Morgan fingerprint density at radius 1 is 1.38 bits per heavy atom. The van der Waals surface area contributed by atoms with Crippen LogP contribution in [0.25, 0.3) is 0 Å². The lowest BCUT2D eigenvalue weighted by atomic mass is 10.1. The van der Waals surface area contributed by atoms with Gasteiger partial charge in [0, 0.05) is 23.9 Å². The lowest BCUT2D eigenvalue weighted by Crippen LogP contribution is -2.09. The maximum atomic E-state index is 6.26. The van der Waals surface area contributed by atoms with E-state index in [0.717, 1.165) is 23.7 Å². The number of nitrogens with zero attached hydrogens (tertiary/aromatic N) is 2. The summed E-state index contributed by atoms with van der Waals surface area (Å²) in [6.45, 7) is 9.23. The molecule has 4 nitrogen and oxygen atoms in total. The van der Waals surface area contributed by atoms with Crippen LogP contribution in [0.4, 0.5) is 5.69 Å². The number of hydrogen-bond acceptors (Lipinski definition) is 3. The topological polar surface area (TPSA) is 39.1 Å². The van der Waals surface area contributed by atoms with Gasteiger partial charge in [0.25, 0.3) is 0 Å². The zero-order chi connectivity index (χ0) is 15.6. The molecule has 0 saturated carbocycles. The number of anilines is 1. The van der Waals surface area contributed by atoms with Crippen LogP contribution in [0.3, 0.4) is 0 Å². The molecule has 1 unspecified atom stereocenters. The molecule has 5 heteroatoms. The van der Waals surface area contributed by atoms with Crippen molar-refractivity contribution in [2.45, 2.75) is 40.3 Å². The molecule has 1 heterocycles. The maximum Gasteiger partial charge on any atom is 0.121 e. The molecular weight excluding hydrogens is 286 g/mol. The molecule has 0 radical (unpaired) electrons. The van der Waals surface area contributed by atoms with Crippen molar-refractivity contribution in [1.82, 2.24) is 9.78 Å². The van der Waals surface area contributed by atoms with Crippen molar-refractivity contribution in [3.05, 3.63) is 40.2 Å². The highest BCUT2D eigenvalue weighted by Gasteiger charge is 2.17. The minimum atomic E-state index is 0.120. The molecule has 1 N–H and O–H groups in total. The number of aromatic nitrogens is 2. The van der Waals surface area contributed by atoms with E-state index in [-0.39, 0.29) is 6.04 Å². The van der Waals surface area contributed by atoms with Gasteiger partial charge < -0.3 is 10.1 Å². The number of hydrogen-bond donors (Lipinski definition) is 1. The normalized spacial score (nSPS) is 12.3. The Labute approximate surface area is 131 Å². The van der Waals surface area contributed by atoms with E-state index in [1.807, 2.05) is 29.8 Å². The third kappa shape index (κ3) is 3.16. The van der Waals surface area contributed by atoms with Crippen LogP contribution in [-0.2, 0) is 6.54 Å². The molecule has 0 aliphatic rings. The van der Waals surface area contributed by atoms with Gasteiger partial charge in [-0.25, -0.2) is 0 Å². The summed E-state index contributed by atoms with van der Waals surface area (Å²) in [6.07, 6.45) is 0. The van der Waals surface area contributed by atoms with E-state index >= 15 is 0 Å². The molecule has 0 fully saturated rings. The molecule has 1 atom stereocenters. The number of methoxy groups -OCH3 is 1. The van der Waals surface area contributed by atoms with Crippen LogP contribution < -0.4 is 10.1 Å². The van der Waals surface area contributed by atoms with E-state index in [1.54, 1.807) is 7.11 Å². The molecular formula is C16H22ClN3O. The van der Waals surface area contributed by atoms with E-state index in [2.05, 4.69) is 31.2 Å². The zero-order valence-corrected chi connectivity index (χ0v) is 14.0. The summed E-state index contributed by atoms with van der Waals surface area (Å²) in [6, 6.07) is 5.72. The fourth-order valence-electron chi connectivity index (χ4n) is 2.69. The van der Waals surface area contributed by atoms with Crippen LogP contribution in [0, 0.1) is 13.8 Å². The Morgan fingerprint density at radius 2 is 2.10 bits per heavy atom. The molecule has 0 saturated heterocycles. The minimum absolute atomic E-state index is 0.120. The van der Waals surface area contributed by atoms with Crippen LogP contribution in [-0.4, -0.2) is 16.9 Å². The highest BCUT2D eigenvalue weighted by Crippen LogP contribution is 2.31. The Kier molecular flexibility index (Phi) is 4.78. The monoisotopic (exact) mass is 307 g/mol. The van der Waals surface area contributed by atoms with E-state index in [4.69, 9.17) is 16.3 Å². The first-order valence-corrected chi connectivity index (χ1v) is 7.49. The Morgan fingerprint density at radius 3 is 2.67 bits per heavy atom. The van der Waals surface area contributed by atoms with E-state index in [9.17, 15) is 0 Å². The predicted octanol–water partition coefficient (Wildman–Crippen LogP) is 4.35. The molecule has 2 rings (SSSR count). The number of halogens is 1. The first-order valence-electron chi connectivity index (χ1n) is 7.11. The molecule has 0 aliphatic heterocycles. The quantitative estimate of drug-likeness (QED) is 0.892. The highest BCUT2D eigenvalue weighted by molar-refractivity contribution is 6.33. The fraction of sp³-hybridized carbons (Fsp3) is 0.438. The van der Waals surface area contributed by atoms with Crippen molar-refractivity contribution in [3.8, 4) is 5.75 Å². The molecule has 114 valence electrons. The molecule has 1 aromatic carbocycles. The van der Waals surface area contributed by atoms with Crippen molar-refractivity contribution >= 4 is 17.3 Å². The summed E-state index contributed by atoms with van der Waals surface area (Å²) in [5.41, 5.74) is 4.32. The lowest BCUT2D eigenvalue weighted by molar-refractivity contribution is 0.415. The second-order valence-corrected chi connectivity index (χ2v) is 5.52. The first-order chi connectivity index (χ1) is 9.97. The van der Waals surface area contributed by atoms with Crippen LogP contribution in [0.5, 0.6) is 5.75 Å². The fourth-order valence-corrected chi connectivity index (χ4v) is 2.86. The van der Waals surface area contributed by atoms with Gasteiger partial charge in [-0.3, -0.25) is 4.68 Å². The summed E-state index contributed by atoms with van der Waals surface area (Å²) in [5.74, 6) is 0.784. The number of ether oxygens (including phenoxy) is 1. The van der Waals surface area contributed by atoms with Gasteiger partial charge in [0.15, 0.2) is 0 Å². The summed E-state index contributed by atoms with van der Waals surface area (Å²) in [5, 5.41) is 8.70. The largest absolute Gasteiger partial charge is 0.497 e. The summed E-state index contributed by atoms with van der Waals surface area (Å²) < 4.78 is 7.27. The molecule has 21 heavy (non-hydrogen) atoms. The van der Waals surface area contributed by atoms with Gasteiger partial charge in [0.2, 0.25) is 0 Å². The van der Waals surface area contributed by atoms with Gasteiger partial charge in [0.05, 0.1) is 29.6 Å². The Hall–Kier alpha value is -1.68. The van der Waals surface area contributed by atoms with Gasteiger partial charge in [-0.15, -0.1) is 0 Å². The van der Waals surface area contributed by atoms with Gasteiger partial charge in [0.1, 0.15) is 5.75 Å². The summed E-state index contributed by atoms with van der Waals surface area (Å²) in [7, 11) is 1.65. The number of rotatable bonds is 5. The number of benzene rings is 1. The van der Waals surface area contributed by atoms with Crippen molar-refractivity contribution in [2.24, 2.45) is 0 Å². The number of nitrogens with one attached hydrogen (secondary N) is 1. The molecule has 0 amide bonds. The van der Waals surface area contributed by atoms with Gasteiger partial charge >= 0.3 is 0 Å². The lowest BCUT2D eigenvalue weighted by Gasteiger charge is -2.18. The molecule has 2 aromatic rings. The Bertz CT molecular complexity index is 637. The third-order valence-corrected chi connectivity index (χ3v) is 4.05. The maximum absolute atomic E-state index is 6.26. The Balaban J connectivity index is 2.30. The molecule has 0 aliphatic carbocycles. The van der Waals surface area contributed by atoms with Crippen molar-refractivity contribution in [2.75, 3.05) is 12.4 Å². The average Bonchev–Trinajstić information content (AvgIpc) is 2.75. The zero-order valence-electron chi connectivity index (χ0n) is 13.2. The first kappa shape index (κ1) is 15.7. The van der Waals surface area contributed by atoms with Gasteiger partial charge in [-0.1, -0.05) is 11.6 Å². The van der Waals surface area contributed by atoms with E-state index in [1.165, 1.54) is 11.3 Å². The second kappa shape index (κ2) is 6.39. The van der Waals surface area contributed by atoms with Crippen LogP contribution >= 0.6 is 11.6 Å². The summed E-state index contributed by atoms with van der Waals surface area (Å²) in [4.78, 5) is 0. The predicted molar refractivity (Wildman–Crippen MR) is 87.4 cm³/mol. The average molecular weight is 308 g/mol. The van der Waals surface area contributed by atoms with Crippen LogP contribution in [0.1, 0.15) is 36.8 Å². The van der Waals surface area contributed by atoms with Crippen molar-refractivity contribution in [1.29, 1.82) is 0 Å². The van der Waals surface area contributed by atoms with E-state index in [0.29, 0.717) is 5.02 Å².